The van der Waals surface area contributed by atoms with Gasteiger partial charge in [-0.05, 0) is 42.8 Å². The van der Waals surface area contributed by atoms with Gasteiger partial charge >= 0.3 is 17.9 Å². The van der Waals surface area contributed by atoms with E-state index in [-0.39, 0.29) is 11.3 Å². The molecular formula is C19H19NO6. The summed E-state index contributed by atoms with van der Waals surface area (Å²) in [6.07, 6.45) is 6.38. The number of hydrogen-bond acceptors (Lipinski definition) is 7. The molecule has 136 valence electrons. The molecule has 1 aliphatic rings. The molecule has 0 aliphatic carbocycles. The number of benzene rings is 1. The molecule has 7 heteroatoms. The largest absolute Gasteiger partial charge is 0.465 e. The first-order chi connectivity index (χ1) is 12.4. The number of aryl methyl sites for hydroxylation is 1. The fourth-order valence-corrected chi connectivity index (χ4v) is 2.50. The summed E-state index contributed by atoms with van der Waals surface area (Å²) >= 11 is 0. The van der Waals surface area contributed by atoms with Crippen molar-refractivity contribution in [2.24, 2.45) is 0 Å². The zero-order valence-electron chi connectivity index (χ0n) is 14.9. The molecule has 1 aromatic rings. The van der Waals surface area contributed by atoms with Gasteiger partial charge in [0.15, 0.2) is 0 Å². The van der Waals surface area contributed by atoms with E-state index >= 15 is 0 Å². The van der Waals surface area contributed by atoms with Gasteiger partial charge in [-0.2, -0.15) is 0 Å². The highest BCUT2D eigenvalue weighted by molar-refractivity contribution is 6.05. The number of anilines is 1. The number of carbonyl (C=O) groups is 3. The predicted octanol–water partition coefficient (Wildman–Crippen LogP) is 2.27. The molecule has 0 fully saturated rings. The van der Waals surface area contributed by atoms with Crippen molar-refractivity contribution >= 4 is 23.6 Å². The van der Waals surface area contributed by atoms with Crippen LogP contribution in [0.1, 0.15) is 15.9 Å². The van der Waals surface area contributed by atoms with E-state index in [4.69, 9.17) is 14.2 Å². The van der Waals surface area contributed by atoms with Gasteiger partial charge in [0, 0.05) is 11.9 Å². The van der Waals surface area contributed by atoms with Gasteiger partial charge < -0.3 is 19.1 Å². The van der Waals surface area contributed by atoms with E-state index in [9.17, 15) is 14.4 Å². The first-order valence-corrected chi connectivity index (χ1v) is 7.68. The molecular weight excluding hydrogens is 338 g/mol. The molecule has 0 bridgehead atoms. The van der Waals surface area contributed by atoms with Crippen molar-refractivity contribution in [3.05, 3.63) is 65.0 Å². The molecule has 2 rings (SSSR count). The lowest BCUT2D eigenvalue weighted by Gasteiger charge is -2.23. The standard InChI is InChI=1S/C19H19NO6/c1-12-11-13(8-9-14(12)17(21)24-2)20-10-6-5-7-15(18(22)25-3)16(20)19(23)26-4/h5-11H,1-4H3. The fourth-order valence-electron chi connectivity index (χ4n) is 2.50. The molecule has 0 N–H and O–H groups in total. The molecule has 0 atom stereocenters. The summed E-state index contributed by atoms with van der Waals surface area (Å²) in [5.41, 5.74) is 1.69. The van der Waals surface area contributed by atoms with Crippen LogP contribution >= 0.6 is 0 Å². The van der Waals surface area contributed by atoms with Crippen molar-refractivity contribution < 1.29 is 28.6 Å². The lowest BCUT2D eigenvalue weighted by Crippen LogP contribution is -2.27. The third-order valence-corrected chi connectivity index (χ3v) is 3.78. The van der Waals surface area contributed by atoms with Crippen molar-refractivity contribution in [1.82, 2.24) is 0 Å². The SMILES string of the molecule is COC(=O)C1=C(C(=O)OC)N(c2ccc(C(=O)OC)c(C)c2)C=CC=C1. The second kappa shape index (κ2) is 8.15. The smallest absolute Gasteiger partial charge is 0.355 e. The number of hydrogen-bond donors (Lipinski definition) is 0. The van der Waals surface area contributed by atoms with Crippen LogP contribution in [0.2, 0.25) is 0 Å². The Morgan fingerprint density at radius 3 is 2.12 bits per heavy atom. The third-order valence-electron chi connectivity index (χ3n) is 3.78. The molecule has 0 radical (unpaired) electrons. The minimum atomic E-state index is -0.698. The first kappa shape index (κ1) is 19.0. The van der Waals surface area contributed by atoms with Crippen LogP contribution in [0.4, 0.5) is 5.69 Å². The Morgan fingerprint density at radius 1 is 0.885 bits per heavy atom. The van der Waals surface area contributed by atoms with Crippen molar-refractivity contribution in [3.8, 4) is 0 Å². The summed E-state index contributed by atoms with van der Waals surface area (Å²) in [5.74, 6) is -1.82. The zero-order chi connectivity index (χ0) is 19.3. The van der Waals surface area contributed by atoms with Crippen LogP contribution < -0.4 is 4.90 Å². The highest BCUT2D eigenvalue weighted by Crippen LogP contribution is 2.28. The highest BCUT2D eigenvalue weighted by Gasteiger charge is 2.27. The minimum absolute atomic E-state index is 0.00886. The van der Waals surface area contributed by atoms with Crippen molar-refractivity contribution in [3.63, 3.8) is 0 Å². The van der Waals surface area contributed by atoms with E-state index in [1.165, 1.54) is 32.3 Å². The number of allylic oxidation sites excluding steroid dienone is 2. The van der Waals surface area contributed by atoms with Gasteiger partial charge in [0.25, 0.3) is 0 Å². The average Bonchev–Trinajstić information content (AvgIpc) is 2.88. The number of methoxy groups -OCH3 is 3. The molecule has 1 aliphatic heterocycles. The van der Waals surface area contributed by atoms with Crippen molar-refractivity contribution in [2.45, 2.75) is 6.92 Å². The Morgan fingerprint density at radius 2 is 1.54 bits per heavy atom. The predicted molar refractivity (Wildman–Crippen MR) is 94.3 cm³/mol. The topological polar surface area (TPSA) is 82.1 Å². The Bertz CT molecular complexity index is 834. The molecule has 0 aromatic heterocycles. The summed E-state index contributed by atoms with van der Waals surface area (Å²) in [6.45, 7) is 1.75. The van der Waals surface area contributed by atoms with Crippen LogP contribution in [0.3, 0.4) is 0 Å². The van der Waals surface area contributed by atoms with Crippen LogP contribution in [0.25, 0.3) is 0 Å². The maximum Gasteiger partial charge on any atom is 0.355 e. The molecule has 0 unspecified atom stereocenters. The second-order valence-corrected chi connectivity index (χ2v) is 5.31. The second-order valence-electron chi connectivity index (χ2n) is 5.31. The molecule has 0 saturated heterocycles. The van der Waals surface area contributed by atoms with E-state index in [0.29, 0.717) is 16.8 Å². The molecule has 1 aromatic carbocycles. The molecule has 0 spiro atoms. The third kappa shape index (κ3) is 3.66. The van der Waals surface area contributed by atoms with Gasteiger partial charge in [0.05, 0.1) is 32.5 Å². The average molecular weight is 357 g/mol. The maximum absolute atomic E-state index is 12.4. The number of ether oxygens (including phenoxy) is 3. The summed E-state index contributed by atoms with van der Waals surface area (Å²) < 4.78 is 14.4. The van der Waals surface area contributed by atoms with E-state index in [1.54, 1.807) is 43.5 Å². The van der Waals surface area contributed by atoms with Crippen LogP contribution in [0, 0.1) is 6.92 Å². The van der Waals surface area contributed by atoms with E-state index in [1.807, 2.05) is 0 Å². The molecule has 0 amide bonds. The molecule has 1 heterocycles. The van der Waals surface area contributed by atoms with Crippen molar-refractivity contribution in [2.75, 3.05) is 26.2 Å². The first-order valence-electron chi connectivity index (χ1n) is 7.68. The number of carbonyl (C=O) groups excluding carboxylic acids is 3. The van der Waals surface area contributed by atoms with Gasteiger partial charge in [0.2, 0.25) is 0 Å². The summed E-state index contributed by atoms with van der Waals surface area (Å²) in [4.78, 5) is 37.8. The van der Waals surface area contributed by atoms with Gasteiger partial charge in [-0.25, -0.2) is 14.4 Å². The van der Waals surface area contributed by atoms with Crippen LogP contribution in [0.15, 0.2) is 53.9 Å². The lowest BCUT2D eigenvalue weighted by molar-refractivity contribution is -0.139. The van der Waals surface area contributed by atoms with Gasteiger partial charge in [0.1, 0.15) is 5.70 Å². The zero-order valence-corrected chi connectivity index (χ0v) is 14.9. The summed E-state index contributed by atoms with van der Waals surface area (Å²) in [5, 5.41) is 0. The van der Waals surface area contributed by atoms with E-state index in [2.05, 4.69) is 0 Å². The van der Waals surface area contributed by atoms with Gasteiger partial charge in [-0.1, -0.05) is 6.08 Å². The molecule has 7 nitrogen and oxygen atoms in total. The quantitative estimate of drug-likeness (QED) is 0.604. The van der Waals surface area contributed by atoms with Crippen LogP contribution in [-0.4, -0.2) is 39.2 Å². The Kier molecular flexibility index (Phi) is 5.95. The summed E-state index contributed by atoms with van der Waals surface area (Å²) in [7, 11) is 3.77. The monoisotopic (exact) mass is 357 g/mol. The molecule has 26 heavy (non-hydrogen) atoms. The number of esters is 3. The fraction of sp³-hybridized carbons (Fsp3) is 0.211. The van der Waals surface area contributed by atoms with Crippen LogP contribution in [-0.2, 0) is 23.8 Å². The summed E-state index contributed by atoms with van der Waals surface area (Å²) in [6, 6.07) is 4.95. The van der Waals surface area contributed by atoms with Crippen molar-refractivity contribution in [1.29, 1.82) is 0 Å². The maximum atomic E-state index is 12.4. The Hall–Kier alpha value is -3.35. The Balaban J connectivity index is 2.62. The number of nitrogens with zero attached hydrogens (tertiary/aromatic N) is 1. The van der Waals surface area contributed by atoms with Gasteiger partial charge in [-0.3, -0.25) is 0 Å². The van der Waals surface area contributed by atoms with E-state index in [0.717, 1.165) is 0 Å². The van der Waals surface area contributed by atoms with Crippen LogP contribution in [0.5, 0.6) is 0 Å². The number of rotatable bonds is 4. The normalized spacial score (nSPS) is 13.3. The highest BCUT2D eigenvalue weighted by atomic mass is 16.5. The Labute approximate surface area is 151 Å². The lowest BCUT2D eigenvalue weighted by atomic mass is 10.1. The molecule has 0 saturated carbocycles. The van der Waals surface area contributed by atoms with E-state index < -0.39 is 17.9 Å². The van der Waals surface area contributed by atoms with Gasteiger partial charge in [-0.15, -0.1) is 0 Å². The minimum Gasteiger partial charge on any atom is -0.465 e.